The first kappa shape index (κ1) is 10.8. The van der Waals surface area contributed by atoms with Crippen molar-refractivity contribution in [2.75, 3.05) is 5.32 Å². The molecule has 1 saturated carbocycles. The van der Waals surface area contributed by atoms with Gasteiger partial charge in [-0.1, -0.05) is 0 Å². The molecule has 0 heterocycles. The Kier molecular flexibility index (Phi) is 3.02. The van der Waals surface area contributed by atoms with Gasteiger partial charge in [-0.05, 0) is 43.3 Å². The van der Waals surface area contributed by atoms with E-state index in [1.165, 1.54) is 12.1 Å². The van der Waals surface area contributed by atoms with Crippen LogP contribution in [-0.2, 0) is 0 Å². The zero-order chi connectivity index (χ0) is 11.5. The Labute approximate surface area is 98.3 Å². The van der Waals surface area contributed by atoms with Crippen LogP contribution in [0.1, 0.15) is 18.4 Å². The fraction of sp³-hybridized carbons (Fsp3) is 0.273. The normalized spacial score (nSPS) is 14.0. The van der Waals surface area contributed by atoms with E-state index in [0.29, 0.717) is 16.8 Å². The van der Waals surface area contributed by atoms with Gasteiger partial charge in [0, 0.05) is 11.7 Å². The Morgan fingerprint density at radius 3 is 2.88 bits per heavy atom. The lowest BCUT2D eigenvalue weighted by atomic mass is 10.2. The molecular weight excluding hydrogens is 225 g/mol. The van der Waals surface area contributed by atoms with E-state index in [1.807, 2.05) is 0 Å². The number of hydrogen-bond donors (Lipinski definition) is 2. The monoisotopic (exact) mass is 235 g/mol. The van der Waals surface area contributed by atoms with Gasteiger partial charge < -0.3 is 10.6 Å². The standard InChI is InChI=1S/C11H10FN3S/c12-10-4-3-9(5-7(10)6-13)15-11(16)14-8-1-2-8/h3-5,8H,1-2H2,(H2,14,15,16). The molecular formula is C11H10FN3S. The zero-order valence-electron chi connectivity index (χ0n) is 8.46. The molecule has 1 aromatic rings. The summed E-state index contributed by atoms with van der Waals surface area (Å²) in [4.78, 5) is 0. The second kappa shape index (κ2) is 4.45. The third-order valence-electron chi connectivity index (χ3n) is 2.26. The van der Waals surface area contributed by atoms with E-state index in [0.717, 1.165) is 12.8 Å². The lowest BCUT2D eigenvalue weighted by molar-refractivity contribution is 0.624. The van der Waals surface area contributed by atoms with E-state index in [1.54, 1.807) is 12.1 Å². The van der Waals surface area contributed by atoms with Crippen LogP contribution < -0.4 is 10.6 Å². The molecule has 16 heavy (non-hydrogen) atoms. The van der Waals surface area contributed by atoms with E-state index in [4.69, 9.17) is 17.5 Å². The number of benzene rings is 1. The Balaban J connectivity index is 2.03. The van der Waals surface area contributed by atoms with Gasteiger partial charge in [0.2, 0.25) is 0 Å². The fourth-order valence-corrected chi connectivity index (χ4v) is 1.55. The third-order valence-corrected chi connectivity index (χ3v) is 2.48. The highest BCUT2D eigenvalue weighted by Gasteiger charge is 2.21. The number of hydrogen-bond acceptors (Lipinski definition) is 2. The number of halogens is 1. The van der Waals surface area contributed by atoms with Crippen molar-refractivity contribution < 1.29 is 4.39 Å². The minimum atomic E-state index is -0.519. The molecule has 3 nitrogen and oxygen atoms in total. The number of nitrogens with zero attached hydrogens (tertiary/aromatic N) is 1. The maximum absolute atomic E-state index is 13.0. The predicted molar refractivity (Wildman–Crippen MR) is 63.5 cm³/mol. The first-order valence-corrected chi connectivity index (χ1v) is 5.37. The van der Waals surface area contributed by atoms with Gasteiger partial charge in [-0.15, -0.1) is 0 Å². The summed E-state index contributed by atoms with van der Waals surface area (Å²) >= 11 is 5.07. The second-order valence-electron chi connectivity index (χ2n) is 3.68. The molecule has 1 aromatic carbocycles. The van der Waals surface area contributed by atoms with Crippen LogP contribution in [0.15, 0.2) is 18.2 Å². The number of thiocarbonyl (C=S) groups is 1. The van der Waals surface area contributed by atoms with Gasteiger partial charge in [-0.3, -0.25) is 0 Å². The first-order valence-electron chi connectivity index (χ1n) is 4.96. The number of anilines is 1. The smallest absolute Gasteiger partial charge is 0.170 e. The summed E-state index contributed by atoms with van der Waals surface area (Å²) in [5.41, 5.74) is 0.635. The van der Waals surface area contributed by atoms with Crippen LogP contribution >= 0.6 is 12.2 Å². The van der Waals surface area contributed by atoms with Crippen molar-refractivity contribution >= 4 is 23.0 Å². The molecule has 1 fully saturated rings. The van der Waals surface area contributed by atoms with Crippen LogP contribution in [0, 0.1) is 17.1 Å². The molecule has 5 heteroatoms. The fourth-order valence-electron chi connectivity index (χ4n) is 1.27. The largest absolute Gasteiger partial charge is 0.360 e. The van der Waals surface area contributed by atoms with Gasteiger partial charge in [-0.2, -0.15) is 5.26 Å². The molecule has 0 bridgehead atoms. The van der Waals surface area contributed by atoms with Crippen LogP contribution in [0.5, 0.6) is 0 Å². The topological polar surface area (TPSA) is 47.9 Å². The Hall–Kier alpha value is -1.67. The van der Waals surface area contributed by atoms with Crippen LogP contribution in [0.25, 0.3) is 0 Å². The summed E-state index contributed by atoms with van der Waals surface area (Å²) in [6, 6.07) is 6.50. The van der Waals surface area contributed by atoms with Gasteiger partial charge in [0.05, 0.1) is 5.56 Å². The Bertz CT molecular complexity index is 463. The van der Waals surface area contributed by atoms with Gasteiger partial charge in [0.15, 0.2) is 5.11 Å². The summed E-state index contributed by atoms with van der Waals surface area (Å²) in [5, 5.41) is 15.2. The lowest BCUT2D eigenvalue weighted by Crippen LogP contribution is -2.30. The van der Waals surface area contributed by atoms with E-state index in [-0.39, 0.29) is 5.56 Å². The number of rotatable bonds is 2. The van der Waals surface area contributed by atoms with Crippen molar-refractivity contribution in [2.45, 2.75) is 18.9 Å². The summed E-state index contributed by atoms with van der Waals surface area (Å²) in [7, 11) is 0. The summed E-state index contributed by atoms with van der Waals surface area (Å²) in [6.45, 7) is 0. The summed E-state index contributed by atoms with van der Waals surface area (Å²) in [6.07, 6.45) is 2.27. The van der Waals surface area contributed by atoms with Crippen LogP contribution in [0.2, 0.25) is 0 Å². The Morgan fingerprint density at radius 2 is 2.25 bits per heavy atom. The van der Waals surface area contributed by atoms with E-state index in [9.17, 15) is 4.39 Å². The average Bonchev–Trinajstić information content (AvgIpc) is 3.04. The zero-order valence-corrected chi connectivity index (χ0v) is 9.27. The molecule has 0 unspecified atom stereocenters. The number of nitriles is 1. The molecule has 2 N–H and O–H groups in total. The molecule has 2 rings (SSSR count). The van der Waals surface area contributed by atoms with Crippen LogP contribution in [-0.4, -0.2) is 11.2 Å². The molecule has 1 aliphatic rings. The van der Waals surface area contributed by atoms with Crippen LogP contribution in [0.3, 0.4) is 0 Å². The molecule has 0 aliphatic heterocycles. The van der Waals surface area contributed by atoms with Gasteiger partial charge in [-0.25, -0.2) is 4.39 Å². The van der Waals surface area contributed by atoms with Gasteiger partial charge >= 0.3 is 0 Å². The maximum Gasteiger partial charge on any atom is 0.170 e. The molecule has 0 radical (unpaired) electrons. The predicted octanol–water partition coefficient (Wildman–Crippen LogP) is 2.15. The Morgan fingerprint density at radius 1 is 1.50 bits per heavy atom. The first-order chi connectivity index (χ1) is 7.69. The van der Waals surface area contributed by atoms with Crippen molar-refractivity contribution in [3.8, 4) is 6.07 Å². The van der Waals surface area contributed by atoms with E-state index >= 15 is 0 Å². The second-order valence-corrected chi connectivity index (χ2v) is 4.09. The molecule has 0 atom stereocenters. The SMILES string of the molecule is N#Cc1cc(NC(=S)NC2CC2)ccc1F. The highest BCUT2D eigenvalue weighted by atomic mass is 32.1. The molecule has 1 aliphatic carbocycles. The lowest BCUT2D eigenvalue weighted by Gasteiger charge is -2.09. The third kappa shape index (κ3) is 2.67. The number of nitrogens with one attached hydrogen (secondary N) is 2. The minimum Gasteiger partial charge on any atom is -0.360 e. The van der Waals surface area contributed by atoms with Gasteiger partial charge in [0.1, 0.15) is 11.9 Å². The van der Waals surface area contributed by atoms with E-state index in [2.05, 4.69) is 10.6 Å². The molecule has 0 saturated heterocycles. The minimum absolute atomic E-state index is 0.0132. The maximum atomic E-state index is 13.0. The molecule has 0 amide bonds. The molecule has 0 aromatic heterocycles. The molecule has 0 spiro atoms. The quantitative estimate of drug-likeness (QED) is 0.771. The van der Waals surface area contributed by atoms with Crippen molar-refractivity contribution in [2.24, 2.45) is 0 Å². The van der Waals surface area contributed by atoms with Crippen molar-refractivity contribution in [3.63, 3.8) is 0 Å². The summed E-state index contributed by atoms with van der Waals surface area (Å²) in [5.74, 6) is -0.519. The summed E-state index contributed by atoms with van der Waals surface area (Å²) < 4.78 is 13.0. The van der Waals surface area contributed by atoms with Crippen molar-refractivity contribution in [1.82, 2.24) is 5.32 Å². The highest BCUT2D eigenvalue weighted by Crippen LogP contribution is 2.19. The molecule has 82 valence electrons. The van der Waals surface area contributed by atoms with E-state index < -0.39 is 5.82 Å². The highest BCUT2D eigenvalue weighted by molar-refractivity contribution is 7.80. The van der Waals surface area contributed by atoms with Gasteiger partial charge in [0.25, 0.3) is 0 Å². The average molecular weight is 235 g/mol. The van der Waals surface area contributed by atoms with Crippen molar-refractivity contribution in [3.05, 3.63) is 29.6 Å². The van der Waals surface area contributed by atoms with Crippen molar-refractivity contribution in [1.29, 1.82) is 5.26 Å². The van der Waals surface area contributed by atoms with Crippen LogP contribution in [0.4, 0.5) is 10.1 Å².